The van der Waals surface area contributed by atoms with Crippen LogP contribution in [-0.4, -0.2) is 33.9 Å². The first-order valence-electron chi connectivity index (χ1n) is 7.66. The first kappa shape index (κ1) is 15.3. The highest BCUT2D eigenvalue weighted by Crippen LogP contribution is 2.10. The van der Waals surface area contributed by atoms with Crippen molar-refractivity contribution in [2.45, 2.75) is 65.3 Å². The molecule has 0 aliphatic carbocycles. The Morgan fingerprint density at radius 3 is 2.65 bits per heavy atom. The minimum atomic E-state index is -0.251. The molecule has 0 amide bonds. The number of hydrogen-bond donors (Lipinski definition) is 0. The summed E-state index contributed by atoms with van der Waals surface area (Å²) in [5.41, 5.74) is 0.00801. The quantitative estimate of drug-likeness (QED) is 0.713. The normalized spacial score (nSPS) is 15.3. The summed E-state index contributed by atoms with van der Waals surface area (Å²) in [6.07, 6.45) is 4.68. The molecule has 0 radical (unpaired) electrons. The van der Waals surface area contributed by atoms with E-state index < -0.39 is 0 Å². The van der Waals surface area contributed by atoms with Crippen LogP contribution in [0.3, 0.4) is 0 Å². The Bertz CT molecular complexity index is 461. The minimum Gasteiger partial charge on any atom is -0.353 e. The van der Waals surface area contributed by atoms with E-state index in [-0.39, 0.29) is 12.0 Å². The van der Waals surface area contributed by atoms with Crippen molar-refractivity contribution in [3.05, 3.63) is 16.3 Å². The van der Waals surface area contributed by atoms with Gasteiger partial charge in [0.05, 0.1) is 6.54 Å². The summed E-state index contributed by atoms with van der Waals surface area (Å²) in [5.74, 6) is 0.928. The Morgan fingerprint density at radius 2 is 1.95 bits per heavy atom. The molecule has 114 valence electrons. The molecule has 1 aromatic rings. The second-order valence-corrected chi connectivity index (χ2v) is 5.01. The molecule has 0 unspecified atom stereocenters. The molecule has 0 atom stereocenters. The van der Waals surface area contributed by atoms with Gasteiger partial charge < -0.3 is 9.47 Å². The van der Waals surface area contributed by atoms with Crippen LogP contribution in [0.2, 0.25) is 0 Å². The van der Waals surface area contributed by atoms with Gasteiger partial charge in [-0.15, -0.1) is 0 Å². The number of nitrogens with zero attached hydrogens (tertiary/aromatic N) is 3. The van der Waals surface area contributed by atoms with Gasteiger partial charge in [0.2, 0.25) is 0 Å². The van der Waals surface area contributed by atoms with Gasteiger partial charge in [-0.05, 0) is 26.7 Å². The summed E-state index contributed by atoms with van der Waals surface area (Å²) in [6, 6.07) is 0. The van der Waals surface area contributed by atoms with Gasteiger partial charge >= 0.3 is 5.69 Å². The fraction of sp³-hybridized carbons (Fsp3) is 0.857. The van der Waals surface area contributed by atoms with E-state index in [1.165, 1.54) is 6.42 Å². The molecule has 0 saturated carbocycles. The molecule has 2 heterocycles. The third-order valence-electron chi connectivity index (χ3n) is 3.56. The van der Waals surface area contributed by atoms with E-state index in [9.17, 15) is 4.79 Å². The standard InChI is InChI=1S/C14H25N3O3/c1-3-19-13(20-4-2)9-11-17-14(18)16-10-7-5-6-8-12(16)15-17/h13H,3-11H2,1-2H3. The second kappa shape index (κ2) is 7.59. The van der Waals surface area contributed by atoms with Gasteiger partial charge in [-0.25, -0.2) is 9.48 Å². The monoisotopic (exact) mass is 283 g/mol. The zero-order chi connectivity index (χ0) is 14.4. The van der Waals surface area contributed by atoms with Crippen LogP contribution in [-0.2, 0) is 29.0 Å². The van der Waals surface area contributed by atoms with Gasteiger partial charge in [-0.1, -0.05) is 6.42 Å². The van der Waals surface area contributed by atoms with E-state index in [1.54, 1.807) is 4.68 Å². The topological polar surface area (TPSA) is 58.3 Å². The van der Waals surface area contributed by atoms with E-state index >= 15 is 0 Å². The van der Waals surface area contributed by atoms with Crippen LogP contribution < -0.4 is 5.69 Å². The molecular weight excluding hydrogens is 258 g/mol. The van der Waals surface area contributed by atoms with Crippen LogP contribution in [0.1, 0.15) is 45.4 Å². The fourth-order valence-electron chi connectivity index (χ4n) is 2.59. The summed E-state index contributed by atoms with van der Waals surface area (Å²) in [6.45, 7) is 6.45. The third kappa shape index (κ3) is 3.70. The smallest absolute Gasteiger partial charge is 0.345 e. The lowest BCUT2D eigenvalue weighted by Crippen LogP contribution is -2.28. The van der Waals surface area contributed by atoms with Crippen LogP contribution in [0, 0.1) is 0 Å². The third-order valence-corrected chi connectivity index (χ3v) is 3.56. The number of aromatic nitrogens is 3. The van der Waals surface area contributed by atoms with Crippen molar-refractivity contribution in [2.75, 3.05) is 13.2 Å². The van der Waals surface area contributed by atoms with Crippen molar-refractivity contribution in [2.24, 2.45) is 0 Å². The predicted molar refractivity (Wildman–Crippen MR) is 75.7 cm³/mol. The van der Waals surface area contributed by atoms with E-state index in [4.69, 9.17) is 9.47 Å². The highest BCUT2D eigenvalue weighted by Gasteiger charge is 2.16. The van der Waals surface area contributed by atoms with E-state index in [0.29, 0.717) is 26.2 Å². The van der Waals surface area contributed by atoms with Crippen molar-refractivity contribution < 1.29 is 9.47 Å². The molecule has 0 saturated heterocycles. The molecule has 6 nitrogen and oxygen atoms in total. The Balaban J connectivity index is 2.01. The molecule has 0 bridgehead atoms. The lowest BCUT2D eigenvalue weighted by Gasteiger charge is -2.16. The Labute approximate surface area is 119 Å². The van der Waals surface area contributed by atoms with Crippen LogP contribution in [0.5, 0.6) is 0 Å². The van der Waals surface area contributed by atoms with Gasteiger partial charge in [-0.2, -0.15) is 5.10 Å². The average molecular weight is 283 g/mol. The van der Waals surface area contributed by atoms with Gasteiger partial charge in [0.15, 0.2) is 6.29 Å². The fourth-order valence-corrected chi connectivity index (χ4v) is 2.59. The number of aryl methyl sites for hydroxylation is 2. The summed E-state index contributed by atoms with van der Waals surface area (Å²) in [5, 5.41) is 4.46. The van der Waals surface area contributed by atoms with E-state index in [0.717, 1.165) is 31.6 Å². The van der Waals surface area contributed by atoms with Gasteiger partial charge in [0.1, 0.15) is 5.82 Å². The van der Waals surface area contributed by atoms with Crippen LogP contribution in [0.25, 0.3) is 0 Å². The van der Waals surface area contributed by atoms with Crippen LogP contribution in [0.15, 0.2) is 4.79 Å². The molecule has 0 fully saturated rings. The lowest BCUT2D eigenvalue weighted by molar-refractivity contribution is -0.141. The van der Waals surface area contributed by atoms with Crippen molar-refractivity contribution in [1.82, 2.24) is 14.3 Å². The molecule has 1 aromatic heterocycles. The maximum absolute atomic E-state index is 12.3. The molecule has 1 aliphatic rings. The van der Waals surface area contributed by atoms with E-state index in [2.05, 4.69) is 5.10 Å². The van der Waals surface area contributed by atoms with Crippen molar-refractivity contribution >= 4 is 0 Å². The number of rotatable bonds is 7. The van der Waals surface area contributed by atoms with Crippen molar-refractivity contribution in [3.63, 3.8) is 0 Å². The molecule has 2 rings (SSSR count). The maximum atomic E-state index is 12.3. The molecule has 6 heteroatoms. The molecule has 20 heavy (non-hydrogen) atoms. The van der Waals surface area contributed by atoms with E-state index in [1.807, 2.05) is 18.4 Å². The zero-order valence-electron chi connectivity index (χ0n) is 12.5. The highest BCUT2D eigenvalue weighted by atomic mass is 16.7. The largest absolute Gasteiger partial charge is 0.353 e. The lowest BCUT2D eigenvalue weighted by atomic mass is 10.2. The predicted octanol–water partition coefficient (Wildman–Crippen LogP) is 1.56. The Morgan fingerprint density at radius 1 is 1.20 bits per heavy atom. The van der Waals surface area contributed by atoms with Gasteiger partial charge in [0, 0.05) is 32.6 Å². The number of hydrogen-bond acceptors (Lipinski definition) is 4. The Hall–Kier alpha value is -1.14. The SMILES string of the molecule is CCOC(CCn1nc2n(c1=O)CCCCC2)OCC. The molecular formula is C14H25N3O3. The summed E-state index contributed by atoms with van der Waals surface area (Å²) in [7, 11) is 0. The average Bonchev–Trinajstić information content (AvgIpc) is 2.63. The van der Waals surface area contributed by atoms with Gasteiger partial charge in [-0.3, -0.25) is 4.57 Å². The van der Waals surface area contributed by atoms with Crippen LogP contribution in [0.4, 0.5) is 0 Å². The molecule has 0 aromatic carbocycles. The molecule has 0 N–H and O–H groups in total. The first-order valence-corrected chi connectivity index (χ1v) is 7.66. The minimum absolute atomic E-state index is 0.00801. The summed E-state index contributed by atoms with van der Waals surface area (Å²) < 4.78 is 14.4. The molecule has 1 aliphatic heterocycles. The summed E-state index contributed by atoms with van der Waals surface area (Å²) in [4.78, 5) is 12.3. The molecule has 0 spiro atoms. The number of fused-ring (bicyclic) bond motifs is 1. The number of ether oxygens (including phenoxy) is 2. The van der Waals surface area contributed by atoms with Crippen molar-refractivity contribution in [3.8, 4) is 0 Å². The zero-order valence-corrected chi connectivity index (χ0v) is 12.5. The summed E-state index contributed by atoms with van der Waals surface area (Å²) >= 11 is 0. The van der Waals surface area contributed by atoms with Crippen molar-refractivity contribution in [1.29, 1.82) is 0 Å². The van der Waals surface area contributed by atoms with Gasteiger partial charge in [0.25, 0.3) is 0 Å². The second-order valence-electron chi connectivity index (χ2n) is 5.01. The Kier molecular flexibility index (Phi) is 5.79. The highest BCUT2D eigenvalue weighted by molar-refractivity contribution is 4.90. The maximum Gasteiger partial charge on any atom is 0.345 e. The first-order chi connectivity index (χ1) is 9.76. The van der Waals surface area contributed by atoms with Crippen LogP contribution >= 0.6 is 0 Å².